The molecule has 96 valence electrons. The topological polar surface area (TPSA) is 38.0 Å². The van der Waals surface area contributed by atoms with Crippen LogP contribution in [0.3, 0.4) is 0 Å². The van der Waals surface area contributed by atoms with Gasteiger partial charge in [-0.2, -0.15) is 0 Å². The van der Waals surface area contributed by atoms with Crippen LogP contribution >= 0.6 is 15.9 Å². The number of halogens is 3. The van der Waals surface area contributed by atoms with Gasteiger partial charge in [-0.3, -0.25) is 0 Å². The van der Waals surface area contributed by atoms with Crippen molar-refractivity contribution in [3.8, 4) is 11.3 Å². The molecule has 0 saturated heterocycles. The van der Waals surface area contributed by atoms with Crippen LogP contribution in [0.1, 0.15) is 5.82 Å². The molecule has 0 saturated carbocycles. The molecule has 2 aromatic rings. The van der Waals surface area contributed by atoms with Crippen LogP contribution < -0.4 is 0 Å². The van der Waals surface area contributed by atoms with E-state index in [0.29, 0.717) is 22.5 Å². The second kappa shape index (κ2) is 5.16. The molecule has 0 atom stereocenters. The summed E-state index contributed by atoms with van der Waals surface area (Å²) in [5.41, 5.74) is 0.430. The van der Waals surface area contributed by atoms with Gasteiger partial charge in [-0.25, -0.2) is 13.8 Å². The molecule has 0 aliphatic rings. The van der Waals surface area contributed by atoms with Crippen molar-refractivity contribution in [2.45, 2.75) is 6.42 Å². The number of benzene rings is 1. The molecule has 0 fully saturated rings. The first-order valence-electron chi connectivity index (χ1n) is 5.32. The highest BCUT2D eigenvalue weighted by molar-refractivity contribution is 9.10. The molecule has 1 heterocycles. The molecule has 6 heteroatoms. The van der Waals surface area contributed by atoms with Crippen LogP contribution in [0, 0.1) is 11.6 Å². The molecule has 0 aliphatic carbocycles. The number of nitrogens with zero attached hydrogens (tertiary/aromatic N) is 2. The predicted molar refractivity (Wildman–Crippen MR) is 67.0 cm³/mol. The largest absolute Gasteiger partial charge is 0.396 e. The van der Waals surface area contributed by atoms with Gasteiger partial charge in [0.15, 0.2) is 0 Å². The van der Waals surface area contributed by atoms with Crippen molar-refractivity contribution in [3.05, 3.63) is 40.3 Å². The Hall–Kier alpha value is -1.27. The van der Waals surface area contributed by atoms with E-state index >= 15 is 0 Å². The molecule has 0 radical (unpaired) electrons. The fourth-order valence-corrected chi connectivity index (χ4v) is 2.20. The average molecular weight is 317 g/mol. The van der Waals surface area contributed by atoms with Gasteiger partial charge in [-0.1, -0.05) is 0 Å². The highest BCUT2D eigenvalue weighted by Crippen LogP contribution is 2.30. The molecular formula is C12H11BrF2N2O. The molecule has 18 heavy (non-hydrogen) atoms. The zero-order chi connectivity index (χ0) is 13.3. The van der Waals surface area contributed by atoms with Crippen LogP contribution in [0.4, 0.5) is 8.78 Å². The van der Waals surface area contributed by atoms with Crippen molar-refractivity contribution in [3.63, 3.8) is 0 Å². The normalized spacial score (nSPS) is 10.9. The Balaban J connectivity index is 2.57. The Kier molecular flexibility index (Phi) is 3.77. The molecule has 2 rings (SSSR count). The van der Waals surface area contributed by atoms with Gasteiger partial charge >= 0.3 is 0 Å². The fourth-order valence-electron chi connectivity index (χ4n) is 1.70. The predicted octanol–water partition coefficient (Wildman–Crippen LogP) is 2.66. The molecule has 1 aromatic carbocycles. The number of imidazole rings is 1. The monoisotopic (exact) mass is 316 g/mol. The van der Waals surface area contributed by atoms with E-state index in [1.54, 1.807) is 11.6 Å². The highest BCUT2D eigenvalue weighted by Gasteiger charge is 2.17. The average Bonchev–Trinajstić information content (AvgIpc) is 2.61. The summed E-state index contributed by atoms with van der Waals surface area (Å²) in [6.45, 7) is -0.0532. The zero-order valence-electron chi connectivity index (χ0n) is 9.62. The van der Waals surface area contributed by atoms with Gasteiger partial charge in [0.25, 0.3) is 0 Å². The quantitative estimate of drug-likeness (QED) is 0.945. The number of hydrogen-bond donors (Lipinski definition) is 1. The Morgan fingerprint density at radius 2 is 2.11 bits per heavy atom. The number of aliphatic hydroxyl groups excluding tert-OH is 1. The maximum Gasteiger partial charge on any atom is 0.132 e. The van der Waals surface area contributed by atoms with Crippen LogP contribution in [-0.2, 0) is 13.5 Å². The SMILES string of the molecule is Cn1c(CCO)nc(-c2cc(F)ccc2F)c1Br. The molecule has 0 aliphatic heterocycles. The molecule has 0 amide bonds. The zero-order valence-corrected chi connectivity index (χ0v) is 11.2. The highest BCUT2D eigenvalue weighted by atomic mass is 79.9. The van der Waals surface area contributed by atoms with E-state index in [-0.39, 0.29) is 12.2 Å². The molecular weight excluding hydrogens is 306 g/mol. The first-order chi connectivity index (χ1) is 8.54. The van der Waals surface area contributed by atoms with Crippen molar-refractivity contribution in [2.24, 2.45) is 7.05 Å². The summed E-state index contributed by atoms with van der Waals surface area (Å²) < 4.78 is 29.1. The lowest BCUT2D eigenvalue weighted by atomic mass is 10.1. The minimum atomic E-state index is -0.536. The molecule has 1 aromatic heterocycles. The van der Waals surface area contributed by atoms with Crippen molar-refractivity contribution in [2.75, 3.05) is 6.61 Å². The van der Waals surface area contributed by atoms with Crippen LogP contribution in [0.15, 0.2) is 22.8 Å². The van der Waals surface area contributed by atoms with Crippen LogP contribution in [-0.4, -0.2) is 21.3 Å². The summed E-state index contributed by atoms with van der Waals surface area (Å²) >= 11 is 3.30. The lowest BCUT2D eigenvalue weighted by Gasteiger charge is -2.01. The molecule has 1 N–H and O–H groups in total. The van der Waals surface area contributed by atoms with Gasteiger partial charge in [0.05, 0.1) is 6.61 Å². The Morgan fingerprint density at radius 1 is 1.39 bits per heavy atom. The van der Waals surface area contributed by atoms with Crippen molar-refractivity contribution < 1.29 is 13.9 Å². The third-order valence-electron chi connectivity index (χ3n) is 2.64. The molecule has 0 bridgehead atoms. The first kappa shape index (κ1) is 13.2. The van der Waals surface area contributed by atoms with E-state index in [9.17, 15) is 8.78 Å². The van der Waals surface area contributed by atoms with E-state index in [0.717, 1.165) is 18.2 Å². The number of rotatable bonds is 3. The minimum absolute atomic E-state index is 0.0532. The van der Waals surface area contributed by atoms with Gasteiger partial charge in [-0.15, -0.1) is 0 Å². The maximum atomic E-state index is 13.7. The summed E-state index contributed by atoms with van der Waals surface area (Å²) in [5, 5.41) is 8.91. The van der Waals surface area contributed by atoms with Gasteiger partial charge in [0, 0.05) is 19.0 Å². The van der Waals surface area contributed by atoms with Gasteiger partial charge in [-0.05, 0) is 34.1 Å². The third kappa shape index (κ3) is 2.30. The standard InChI is InChI=1S/C12H11BrF2N2O/c1-17-10(4-5-18)16-11(12(17)13)8-6-7(14)2-3-9(8)15/h2-3,6,18H,4-5H2,1H3. The molecule has 3 nitrogen and oxygen atoms in total. The van der Waals surface area contributed by atoms with Gasteiger partial charge in [0.2, 0.25) is 0 Å². The fraction of sp³-hybridized carbons (Fsp3) is 0.250. The van der Waals surface area contributed by atoms with Gasteiger partial charge in [0.1, 0.15) is 27.8 Å². The van der Waals surface area contributed by atoms with Crippen molar-refractivity contribution in [1.82, 2.24) is 9.55 Å². The number of aliphatic hydroxyl groups is 1. The number of aromatic nitrogens is 2. The summed E-state index contributed by atoms with van der Waals surface area (Å²) in [6, 6.07) is 3.23. The lowest BCUT2D eigenvalue weighted by Crippen LogP contribution is -2.00. The summed E-state index contributed by atoms with van der Waals surface area (Å²) in [7, 11) is 1.74. The third-order valence-corrected chi connectivity index (χ3v) is 3.54. The Morgan fingerprint density at radius 3 is 2.78 bits per heavy atom. The second-order valence-electron chi connectivity index (χ2n) is 3.82. The summed E-state index contributed by atoms with van der Waals surface area (Å²) in [4.78, 5) is 4.22. The van der Waals surface area contributed by atoms with Gasteiger partial charge < -0.3 is 9.67 Å². The Bertz CT molecular complexity index is 584. The lowest BCUT2D eigenvalue weighted by molar-refractivity contribution is 0.295. The Labute approximate surface area is 111 Å². The first-order valence-corrected chi connectivity index (χ1v) is 6.11. The minimum Gasteiger partial charge on any atom is -0.396 e. The van der Waals surface area contributed by atoms with E-state index in [4.69, 9.17) is 5.11 Å². The smallest absolute Gasteiger partial charge is 0.132 e. The van der Waals surface area contributed by atoms with Crippen molar-refractivity contribution >= 4 is 15.9 Å². The van der Waals surface area contributed by atoms with E-state index in [1.807, 2.05) is 0 Å². The maximum absolute atomic E-state index is 13.7. The molecule has 0 unspecified atom stereocenters. The molecule has 0 spiro atoms. The van der Waals surface area contributed by atoms with E-state index in [1.165, 1.54) is 0 Å². The van der Waals surface area contributed by atoms with Crippen LogP contribution in [0.25, 0.3) is 11.3 Å². The second-order valence-corrected chi connectivity index (χ2v) is 4.58. The summed E-state index contributed by atoms with van der Waals surface area (Å²) in [6.07, 6.45) is 0.353. The van der Waals surface area contributed by atoms with Crippen LogP contribution in [0.5, 0.6) is 0 Å². The number of hydrogen-bond acceptors (Lipinski definition) is 2. The van der Waals surface area contributed by atoms with Crippen molar-refractivity contribution in [1.29, 1.82) is 0 Å². The summed E-state index contributed by atoms with van der Waals surface area (Å²) in [5.74, 6) is -0.457. The van der Waals surface area contributed by atoms with E-state index < -0.39 is 11.6 Å². The van der Waals surface area contributed by atoms with Crippen LogP contribution in [0.2, 0.25) is 0 Å². The van der Waals surface area contributed by atoms with E-state index in [2.05, 4.69) is 20.9 Å².